The van der Waals surface area contributed by atoms with E-state index in [0.717, 1.165) is 31.8 Å². The molecule has 2 saturated carbocycles. The minimum atomic E-state index is -0.645. The third-order valence-electron chi connectivity index (χ3n) is 5.40. The normalized spacial score (nSPS) is 27.3. The van der Waals surface area contributed by atoms with Crippen molar-refractivity contribution >= 4 is 5.97 Å². The Morgan fingerprint density at radius 2 is 1.95 bits per heavy atom. The Labute approximate surface area is 129 Å². The van der Waals surface area contributed by atoms with E-state index in [-0.39, 0.29) is 5.60 Å². The van der Waals surface area contributed by atoms with Gasteiger partial charge in [-0.3, -0.25) is 4.79 Å². The molecule has 0 radical (unpaired) electrons. The van der Waals surface area contributed by atoms with E-state index in [0.29, 0.717) is 11.8 Å². The Bertz CT molecular complexity index is 380. The third-order valence-corrected chi connectivity index (χ3v) is 5.40. The molecule has 0 bridgehead atoms. The zero-order chi connectivity index (χ0) is 15.7. The van der Waals surface area contributed by atoms with Crippen molar-refractivity contribution in [3.8, 4) is 0 Å². The second kappa shape index (κ2) is 5.91. The van der Waals surface area contributed by atoms with Crippen LogP contribution in [0.3, 0.4) is 0 Å². The van der Waals surface area contributed by atoms with Crippen LogP contribution < -0.4 is 0 Å². The third kappa shape index (κ3) is 4.70. The summed E-state index contributed by atoms with van der Waals surface area (Å²) in [6.45, 7) is 9.59. The van der Waals surface area contributed by atoms with E-state index in [1.54, 1.807) is 0 Å². The van der Waals surface area contributed by atoms with Gasteiger partial charge in [-0.05, 0) is 63.7 Å². The van der Waals surface area contributed by atoms with Gasteiger partial charge in [-0.25, -0.2) is 0 Å². The van der Waals surface area contributed by atoms with Crippen molar-refractivity contribution in [2.75, 3.05) is 6.61 Å². The Balaban J connectivity index is 1.73. The number of hydrogen-bond donors (Lipinski definition) is 1. The summed E-state index contributed by atoms with van der Waals surface area (Å²) in [7, 11) is 0. The quantitative estimate of drug-likeness (QED) is 0.744. The van der Waals surface area contributed by atoms with Crippen LogP contribution in [0.2, 0.25) is 0 Å². The molecule has 0 spiro atoms. The van der Waals surface area contributed by atoms with Crippen molar-refractivity contribution in [2.24, 2.45) is 16.7 Å². The van der Waals surface area contributed by atoms with E-state index in [9.17, 15) is 9.90 Å². The number of aliphatic carboxylic acids is 1. The molecule has 0 amide bonds. The summed E-state index contributed by atoms with van der Waals surface area (Å²) >= 11 is 0. The molecule has 3 nitrogen and oxygen atoms in total. The SMILES string of the molecule is CC1(C)CCCC(CCOC(C)(C)CC2(C(=O)O)CC2)C1. The molecule has 2 aliphatic rings. The van der Waals surface area contributed by atoms with Gasteiger partial charge in [0, 0.05) is 6.61 Å². The van der Waals surface area contributed by atoms with Gasteiger partial charge in [0.05, 0.1) is 11.0 Å². The smallest absolute Gasteiger partial charge is 0.309 e. The van der Waals surface area contributed by atoms with Gasteiger partial charge in [0.15, 0.2) is 0 Å². The highest BCUT2D eigenvalue weighted by molar-refractivity contribution is 5.77. The minimum Gasteiger partial charge on any atom is -0.481 e. The van der Waals surface area contributed by atoms with Crippen LogP contribution in [0.4, 0.5) is 0 Å². The van der Waals surface area contributed by atoms with Crippen LogP contribution in [-0.2, 0) is 9.53 Å². The molecule has 2 aliphatic carbocycles. The number of carbonyl (C=O) groups is 1. The fourth-order valence-electron chi connectivity index (χ4n) is 4.09. The molecule has 0 aromatic carbocycles. The lowest BCUT2D eigenvalue weighted by Crippen LogP contribution is -2.33. The molecular weight excluding hydrogens is 264 g/mol. The lowest BCUT2D eigenvalue weighted by Gasteiger charge is -2.36. The van der Waals surface area contributed by atoms with Gasteiger partial charge in [0.2, 0.25) is 0 Å². The number of rotatable bonds is 7. The minimum absolute atomic E-state index is 0.320. The Morgan fingerprint density at radius 1 is 1.29 bits per heavy atom. The first-order chi connectivity index (χ1) is 9.64. The summed E-state index contributed by atoms with van der Waals surface area (Å²) in [6.07, 6.45) is 8.69. The van der Waals surface area contributed by atoms with Gasteiger partial charge in [-0.15, -0.1) is 0 Å². The lowest BCUT2D eigenvalue weighted by atomic mass is 9.71. The molecule has 2 rings (SSSR count). The van der Waals surface area contributed by atoms with Crippen molar-refractivity contribution in [1.29, 1.82) is 0 Å². The first-order valence-electron chi connectivity index (χ1n) is 8.52. The van der Waals surface area contributed by atoms with Gasteiger partial charge in [-0.1, -0.05) is 26.7 Å². The van der Waals surface area contributed by atoms with E-state index in [1.807, 2.05) is 13.8 Å². The second-order valence-corrected chi connectivity index (χ2v) is 8.79. The average Bonchev–Trinajstić information content (AvgIpc) is 3.07. The number of ether oxygens (including phenoxy) is 1. The van der Waals surface area contributed by atoms with E-state index >= 15 is 0 Å². The highest BCUT2D eigenvalue weighted by atomic mass is 16.5. The highest BCUT2D eigenvalue weighted by Crippen LogP contribution is 2.52. The Kier molecular flexibility index (Phi) is 4.72. The van der Waals surface area contributed by atoms with Gasteiger partial charge in [-0.2, -0.15) is 0 Å². The summed E-state index contributed by atoms with van der Waals surface area (Å²) in [5.74, 6) is 0.132. The summed E-state index contributed by atoms with van der Waals surface area (Å²) < 4.78 is 6.06. The van der Waals surface area contributed by atoms with Gasteiger partial charge in [0.1, 0.15) is 0 Å². The van der Waals surface area contributed by atoms with Crippen LogP contribution in [0, 0.1) is 16.7 Å². The fourth-order valence-corrected chi connectivity index (χ4v) is 4.09. The van der Waals surface area contributed by atoms with Crippen molar-refractivity contribution in [3.63, 3.8) is 0 Å². The van der Waals surface area contributed by atoms with E-state index in [2.05, 4.69) is 13.8 Å². The van der Waals surface area contributed by atoms with Crippen molar-refractivity contribution in [3.05, 3.63) is 0 Å². The van der Waals surface area contributed by atoms with E-state index < -0.39 is 11.4 Å². The summed E-state index contributed by atoms with van der Waals surface area (Å²) in [4.78, 5) is 11.3. The number of carboxylic acids is 1. The van der Waals surface area contributed by atoms with E-state index in [4.69, 9.17) is 4.74 Å². The largest absolute Gasteiger partial charge is 0.481 e. The maximum absolute atomic E-state index is 11.3. The van der Waals surface area contributed by atoms with Crippen LogP contribution in [0.1, 0.15) is 79.1 Å². The highest BCUT2D eigenvalue weighted by Gasteiger charge is 2.53. The van der Waals surface area contributed by atoms with Crippen molar-refractivity contribution in [1.82, 2.24) is 0 Å². The molecule has 0 aliphatic heterocycles. The molecule has 0 aromatic heterocycles. The van der Waals surface area contributed by atoms with Gasteiger partial charge in [0.25, 0.3) is 0 Å². The first-order valence-corrected chi connectivity index (χ1v) is 8.52. The second-order valence-electron chi connectivity index (χ2n) is 8.79. The molecule has 2 fully saturated rings. The molecule has 1 N–H and O–H groups in total. The predicted octanol–water partition coefficient (Wildman–Crippen LogP) is 4.64. The fraction of sp³-hybridized carbons (Fsp3) is 0.944. The van der Waals surface area contributed by atoms with Crippen LogP contribution in [0.25, 0.3) is 0 Å². The molecule has 122 valence electrons. The lowest BCUT2D eigenvalue weighted by molar-refractivity contribution is -0.147. The maximum Gasteiger partial charge on any atom is 0.309 e. The summed E-state index contributed by atoms with van der Waals surface area (Å²) in [6, 6.07) is 0. The maximum atomic E-state index is 11.3. The zero-order valence-corrected chi connectivity index (χ0v) is 14.2. The molecule has 1 unspecified atom stereocenters. The zero-order valence-electron chi connectivity index (χ0n) is 14.2. The predicted molar refractivity (Wildman–Crippen MR) is 84.3 cm³/mol. The molecule has 0 aromatic rings. The van der Waals surface area contributed by atoms with E-state index in [1.165, 1.54) is 25.7 Å². The first kappa shape index (κ1) is 16.8. The van der Waals surface area contributed by atoms with Crippen LogP contribution in [0.15, 0.2) is 0 Å². The standard InChI is InChI=1S/C18H32O3/c1-16(2)8-5-6-14(12-16)7-11-21-17(3,4)13-18(9-10-18)15(19)20/h14H,5-13H2,1-4H3,(H,19,20). The average molecular weight is 296 g/mol. The Hall–Kier alpha value is -0.570. The monoisotopic (exact) mass is 296 g/mol. The van der Waals surface area contributed by atoms with Gasteiger partial charge >= 0.3 is 5.97 Å². The van der Waals surface area contributed by atoms with Gasteiger partial charge < -0.3 is 9.84 Å². The topological polar surface area (TPSA) is 46.5 Å². The summed E-state index contributed by atoms with van der Waals surface area (Å²) in [5, 5.41) is 9.30. The number of carboxylic acid groups (broad SMARTS) is 1. The van der Waals surface area contributed by atoms with Crippen molar-refractivity contribution in [2.45, 2.75) is 84.7 Å². The van der Waals surface area contributed by atoms with Crippen LogP contribution in [0.5, 0.6) is 0 Å². The van der Waals surface area contributed by atoms with Crippen LogP contribution in [-0.4, -0.2) is 23.3 Å². The van der Waals surface area contributed by atoms with Crippen LogP contribution >= 0.6 is 0 Å². The molecule has 3 heteroatoms. The molecule has 1 atom stereocenters. The van der Waals surface area contributed by atoms with Crippen molar-refractivity contribution < 1.29 is 14.6 Å². The summed E-state index contributed by atoms with van der Waals surface area (Å²) in [5.41, 5.74) is -0.324. The molecule has 21 heavy (non-hydrogen) atoms. The molecule has 0 heterocycles. The number of hydrogen-bond acceptors (Lipinski definition) is 2. The molecular formula is C18H32O3. The molecule has 0 saturated heterocycles. The Morgan fingerprint density at radius 3 is 2.48 bits per heavy atom.